The predicted molar refractivity (Wildman–Crippen MR) is 75.3 cm³/mol. The Morgan fingerprint density at radius 1 is 1.21 bits per heavy atom. The Bertz CT molecular complexity index is 417. The van der Waals surface area contributed by atoms with Crippen LogP contribution < -0.4 is 10.6 Å². The molecule has 2 N–H and O–H groups in total. The zero-order valence-electron chi connectivity index (χ0n) is 11.8. The topological polar surface area (TPSA) is 58.2 Å². The average molecular weight is 262 g/mol. The Kier molecular flexibility index (Phi) is 6.06. The van der Waals surface area contributed by atoms with E-state index in [1.54, 1.807) is 0 Å². The molecule has 1 unspecified atom stereocenters. The zero-order chi connectivity index (χ0) is 14.3. The van der Waals surface area contributed by atoms with Gasteiger partial charge in [-0.15, -0.1) is 0 Å². The second-order valence-electron chi connectivity index (χ2n) is 4.77. The summed E-state index contributed by atoms with van der Waals surface area (Å²) in [7, 11) is 0. The van der Waals surface area contributed by atoms with Gasteiger partial charge < -0.3 is 10.6 Å². The highest BCUT2D eigenvalue weighted by molar-refractivity contribution is 5.87. The number of benzene rings is 1. The lowest BCUT2D eigenvalue weighted by atomic mass is 9.98. The summed E-state index contributed by atoms with van der Waals surface area (Å²) >= 11 is 0. The number of carbonyl (C=O) groups excluding carboxylic acids is 2. The molecule has 0 aliphatic heterocycles. The molecule has 2 atom stereocenters. The second-order valence-corrected chi connectivity index (χ2v) is 4.77. The van der Waals surface area contributed by atoms with Crippen molar-refractivity contribution >= 4 is 11.8 Å². The third kappa shape index (κ3) is 5.12. The van der Waals surface area contributed by atoms with Gasteiger partial charge in [0.15, 0.2) is 0 Å². The van der Waals surface area contributed by atoms with Crippen molar-refractivity contribution < 1.29 is 9.59 Å². The van der Waals surface area contributed by atoms with Crippen molar-refractivity contribution in [3.05, 3.63) is 35.9 Å². The van der Waals surface area contributed by atoms with Crippen molar-refractivity contribution in [1.82, 2.24) is 10.6 Å². The molecule has 0 bridgehead atoms. The Hall–Kier alpha value is -1.84. The van der Waals surface area contributed by atoms with E-state index < -0.39 is 6.04 Å². The lowest BCUT2D eigenvalue weighted by molar-refractivity contribution is -0.129. The lowest BCUT2D eigenvalue weighted by Gasteiger charge is -2.22. The van der Waals surface area contributed by atoms with Crippen LogP contribution in [-0.2, 0) is 16.1 Å². The number of amides is 2. The summed E-state index contributed by atoms with van der Waals surface area (Å²) in [4.78, 5) is 23.3. The Morgan fingerprint density at radius 2 is 1.84 bits per heavy atom. The number of nitrogens with one attached hydrogen (secondary N) is 2. The van der Waals surface area contributed by atoms with E-state index in [0.717, 1.165) is 12.0 Å². The summed E-state index contributed by atoms with van der Waals surface area (Å²) in [5, 5.41) is 5.58. The molecule has 0 aromatic heterocycles. The summed E-state index contributed by atoms with van der Waals surface area (Å²) in [6, 6.07) is 9.24. The second kappa shape index (κ2) is 7.56. The van der Waals surface area contributed by atoms with E-state index in [1.165, 1.54) is 6.92 Å². The molecule has 0 spiro atoms. The molecule has 19 heavy (non-hydrogen) atoms. The zero-order valence-corrected chi connectivity index (χ0v) is 11.8. The molecule has 2 amide bonds. The van der Waals surface area contributed by atoms with Crippen LogP contribution in [0, 0.1) is 5.92 Å². The Balaban J connectivity index is 2.59. The maximum Gasteiger partial charge on any atom is 0.243 e. The van der Waals surface area contributed by atoms with Crippen LogP contribution in [0.3, 0.4) is 0 Å². The van der Waals surface area contributed by atoms with Crippen LogP contribution in [0.25, 0.3) is 0 Å². The first-order valence-electron chi connectivity index (χ1n) is 6.63. The molecule has 0 radical (unpaired) electrons. The van der Waals surface area contributed by atoms with Gasteiger partial charge in [0.25, 0.3) is 0 Å². The molecule has 1 aromatic carbocycles. The molecular weight excluding hydrogens is 240 g/mol. The van der Waals surface area contributed by atoms with E-state index in [-0.39, 0.29) is 17.7 Å². The van der Waals surface area contributed by atoms with Gasteiger partial charge in [-0.3, -0.25) is 9.59 Å². The van der Waals surface area contributed by atoms with E-state index >= 15 is 0 Å². The number of carbonyl (C=O) groups is 2. The van der Waals surface area contributed by atoms with Gasteiger partial charge in [-0.1, -0.05) is 50.6 Å². The van der Waals surface area contributed by atoms with Crippen LogP contribution >= 0.6 is 0 Å². The van der Waals surface area contributed by atoms with Gasteiger partial charge >= 0.3 is 0 Å². The highest BCUT2D eigenvalue weighted by atomic mass is 16.2. The molecule has 1 rings (SSSR count). The minimum absolute atomic E-state index is 0.111. The van der Waals surface area contributed by atoms with Gasteiger partial charge in [-0.25, -0.2) is 0 Å². The summed E-state index contributed by atoms with van der Waals surface area (Å²) in [5.74, 6) is -0.201. The molecule has 0 heterocycles. The monoisotopic (exact) mass is 262 g/mol. The van der Waals surface area contributed by atoms with E-state index in [2.05, 4.69) is 10.6 Å². The number of rotatable bonds is 6. The molecule has 0 fully saturated rings. The third-order valence-corrected chi connectivity index (χ3v) is 3.16. The minimum atomic E-state index is -0.466. The Labute approximate surface area is 114 Å². The largest absolute Gasteiger partial charge is 0.350 e. The fraction of sp³-hybridized carbons (Fsp3) is 0.467. The van der Waals surface area contributed by atoms with Crippen LogP contribution in [0.15, 0.2) is 30.3 Å². The van der Waals surface area contributed by atoms with Crippen molar-refractivity contribution in [3.8, 4) is 0 Å². The third-order valence-electron chi connectivity index (χ3n) is 3.16. The number of hydrogen-bond donors (Lipinski definition) is 2. The van der Waals surface area contributed by atoms with Gasteiger partial charge in [0, 0.05) is 13.5 Å². The quantitative estimate of drug-likeness (QED) is 0.822. The molecule has 0 aliphatic rings. The first-order valence-corrected chi connectivity index (χ1v) is 6.63. The molecule has 4 heteroatoms. The van der Waals surface area contributed by atoms with Crippen molar-refractivity contribution in [2.24, 2.45) is 5.92 Å². The van der Waals surface area contributed by atoms with Gasteiger partial charge in [0.05, 0.1) is 0 Å². The molecule has 0 saturated heterocycles. The van der Waals surface area contributed by atoms with Crippen LogP contribution in [-0.4, -0.2) is 17.9 Å². The maximum absolute atomic E-state index is 12.1. The van der Waals surface area contributed by atoms with Crippen molar-refractivity contribution in [1.29, 1.82) is 0 Å². The van der Waals surface area contributed by atoms with E-state index in [4.69, 9.17) is 0 Å². The normalized spacial score (nSPS) is 13.4. The van der Waals surface area contributed by atoms with Crippen molar-refractivity contribution in [2.45, 2.75) is 39.8 Å². The fourth-order valence-corrected chi connectivity index (χ4v) is 1.82. The van der Waals surface area contributed by atoms with Crippen molar-refractivity contribution in [3.63, 3.8) is 0 Å². The fourth-order valence-electron chi connectivity index (χ4n) is 1.82. The Morgan fingerprint density at radius 3 is 2.37 bits per heavy atom. The number of hydrogen-bond acceptors (Lipinski definition) is 2. The maximum atomic E-state index is 12.1. The minimum Gasteiger partial charge on any atom is -0.350 e. The van der Waals surface area contributed by atoms with Gasteiger partial charge in [-0.2, -0.15) is 0 Å². The SMILES string of the molecule is CCC(C)[C@H](NC(C)=O)C(=O)NCc1ccccc1. The molecule has 0 aliphatic carbocycles. The van der Waals surface area contributed by atoms with Crippen LogP contribution in [0.2, 0.25) is 0 Å². The summed E-state index contributed by atoms with van der Waals surface area (Å²) in [6.07, 6.45) is 0.837. The van der Waals surface area contributed by atoms with E-state index in [0.29, 0.717) is 6.54 Å². The molecule has 1 aromatic rings. The highest BCUT2D eigenvalue weighted by Gasteiger charge is 2.24. The lowest BCUT2D eigenvalue weighted by Crippen LogP contribution is -2.49. The first kappa shape index (κ1) is 15.2. The average Bonchev–Trinajstić information content (AvgIpc) is 2.42. The van der Waals surface area contributed by atoms with Crippen LogP contribution in [0.4, 0.5) is 0 Å². The van der Waals surface area contributed by atoms with Crippen molar-refractivity contribution in [2.75, 3.05) is 0 Å². The summed E-state index contributed by atoms with van der Waals surface area (Å²) in [5.41, 5.74) is 1.04. The molecule has 4 nitrogen and oxygen atoms in total. The standard InChI is InChI=1S/C15H22N2O2/c1-4-11(2)14(17-12(3)18)15(19)16-10-13-8-6-5-7-9-13/h5-9,11,14H,4,10H2,1-3H3,(H,16,19)(H,17,18)/t11?,14-/m0/s1. The smallest absolute Gasteiger partial charge is 0.243 e. The van der Waals surface area contributed by atoms with Gasteiger partial charge in [0.2, 0.25) is 11.8 Å². The molecule has 0 saturated carbocycles. The van der Waals surface area contributed by atoms with Crippen LogP contribution in [0.1, 0.15) is 32.8 Å². The first-order chi connectivity index (χ1) is 9.04. The van der Waals surface area contributed by atoms with Gasteiger partial charge in [0.1, 0.15) is 6.04 Å². The van der Waals surface area contributed by atoms with E-state index in [9.17, 15) is 9.59 Å². The highest BCUT2D eigenvalue weighted by Crippen LogP contribution is 2.08. The van der Waals surface area contributed by atoms with Crippen LogP contribution in [0.5, 0.6) is 0 Å². The predicted octanol–water partition coefficient (Wildman–Crippen LogP) is 1.85. The molecular formula is C15H22N2O2. The summed E-state index contributed by atoms with van der Waals surface area (Å²) in [6.45, 7) is 5.87. The van der Waals surface area contributed by atoms with Gasteiger partial charge in [-0.05, 0) is 11.5 Å². The summed E-state index contributed by atoms with van der Waals surface area (Å²) < 4.78 is 0. The van der Waals surface area contributed by atoms with E-state index in [1.807, 2.05) is 44.2 Å². The molecule has 104 valence electrons.